The standard InChI is InChI=1S/C20H36N4O.HI/c1-4-21-19(22-15-12-17-10-6-5-7-11-17)23-16-20(13-8-9-14-20)18(25)24(2)3;/h10H,4-9,11-16H2,1-3H3,(H2,21,22,23);1H. The lowest BCUT2D eigenvalue weighted by atomic mass is 9.85. The second kappa shape index (κ2) is 11.8. The third-order valence-corrected chi connectivity index (χ3v) is 5.43. The van der Waals surface area contributed by atoms with Crippen molar-refractivity contribution < 1.29 is 4.79 Å². The number of guanidine groups is 1. The molecule has 5 nitrogen and oxygen atoms in total. The van der Waals surface area contributed by atoms with Gasteiger partial charge in [-0.05, 0) is 51.9 Å². The zero-order valence-corrected chi connectivity index (χ0v) is 19.1. The third kappa shape index (κ3) is 6.74. The van der Waals surface area contributed by atoms with Crippen LogP contribution in [0.1, 0.15) is 64.7 Å². The lowest BCUT2D eigenvalue weighted by Gasteiger charge is -2.29. The predicted octanol–water partition coefficient (Wildman–Crippen LogP) is 3.70. The summed E-state index contributed by atoms with van der Waals surface area (Å²) in [5.41, 5.74) is 1.28. The van der Waals surface area contributed by atoms with Crippen LogP contribution < -0.4 is 10.6 Å². The first kappa shape index (κ1) is 23.2. The van der Waals surface area contributed by atoms with Gasteiger partial charge in [0.2, 0.25) is 5.91 Å². The van der Waals surface area contributed by atoms with Crippen molar-refractivity contribution in [3.8, 4) is 0 Å². The van der Waals surface area contributed by atoms with Crippen LogP contribution in [-0.2, 0) is 4.79 Å². The molecular formula is C20H37IN4O. The van der Waals surface area contributed by atoms with Gasteiger partial charge < -0.3 is 15.5 Å². The molecule has 1 fully saturated rings. The number of hydrogen-bond donors (Lipinski definition) is 2. The van der Waals surface area contributed by atoms with Gasteiger partial charge in [0.15, 0.2) is 5.96 Å². The Morgan fingerprint density at radius 1 is 1.19 bits per heavy atom. The number of carbonyl (C=O) groups is 1. The topological polar surface area (TPSA) is 56.7 Å². The van der Waals surface area contributed by atoms with Crippen LogP contribution in [-0.4, -0.2) is 50.5 Å². The third-order valence-electron chi connectivity index (χ3n) is 5.43. The van der Waals surface area contributed by atoms with Gasteiger partial charge in [-0.15, -0.1) is 24.0 Å². The van der Waals surface area contributed by atoms with E-state index >= 15 is 0 Å². The molecule has 0 aromatic rings. The number of allylic oxidation sites excluding steroid dienone is 1. The molecular weight excluding hydrogens is 439 g/mol. The molecule has 0 saturated heterocycles. The van der Waals surface area contributed by atoms with Crippen LogP contribution in [0.5, 0.6) is 0 Å². The lowest BCUT2D eigenvalue weighted by Crippen LogP contribution is -2.43. The van der Waals surface area contributed by atoms with E-state index in [2.05, 4.69) is 23.6 Å². The Hall–Kier alpha value is -0.790. The SMILES string of the molecule is CCNC(=NCC1(C(=O)N(C)C)CCCC1)NCCC1=CCCCC1.I. The highest BCUT2D eigenvalue weighted by Crippen LogP contribution is 2.39. The van der Waals surface area contributed by atoms with E-state index in [1.54, 1.807) is 10.5 Å². The first-order chi connectivity index (χ1) is 12.1. The maximum Gasteiger partial charge on any atom is 0.230 e. The van der Waals surface area contributed by atoms with Crippen LogP contribution in [0.2, 0.25) is 0 Å². The number of nitrogens with one attached hydrogen (secondary N) is 2. The number of aliphatic imine (C=N–C) groups is 1. The van der Waals surface area contributed by atoms with Gasteiger partial charge in [0.1, 0.15) is 0 Å². The molecule has 2 aliphatic rings. The Labute approximate surface area is 176 Å². The van der Waals surface area contributed by atoms with Gasteiger partial charge in [-0.3, -0.25) is 9.79 Å². The quantitative estimate of drug-likeness (QED) is 0.255. The molecule has 6 heteroatoms. The number of hydrogen-bond acceptors (Lipinski definition) is 2. The van der Waals surface area contributed by atoms with Gasteiger partial charge in [-0.1, -0.05) is 24.5 Å². The molecule has 0 aromatic carbocycles. The van der Waals surface area contributed by atoms with Gasteiger partial charge in [-0.25, -0.2) is 0 Å². The largest absolute Gasteiger partial charge is 0.357 e. The molecule has 2 rings (SSSR count). The van der Waals surface area contributed by atoms with Gasteiger partial charge in [-0.2, -0.15) is 0 Å². The van der Waals surface area contributed by atoms with Crippen molar-refractivity contribution >= 4 is 35.8 Å². The van der Waals surface area contributed by atoms with Crippen molar-refractivity contribution in [2.75, 3.05) is 33.7 Å². The smallest absolute Gasteiger partial charge is 0.230 e. The van der Waals surface area contributed by atoms with Crippen molar-refractivity contribution in [1.82, 2.24) is 15.5 Å². The van der Waals surface area contributed by atoms with Gasteiger partial charge >= 0.3 is 0 Å². The molecule has 1 amide bonds. The van der Waals surface area contributed by atoms with Crippen molar-refractivity contribution in [3.63, 3.8) is 0 Å². The summed E-state index contributed by atoms with van der Waals surface area (Å²) >= 11 is 0. The molecule has 0 unspecified atom stereocenters. The zero-order valence-electron chi connectivity index (χ0n) is 16.8. The Bertz CT molecular complexity index is 496. The average molecular weight is 476 g/mol. The van der Waals surface area contributed by atoms with Crippen LogP contribution in [0, 0.1) is 5.41 Å². The first-order valence-corrected chi connectivity index (χ1v) is 9.99. The minimum absolute atomic E-state index is 0. The van der Waals surface area contributed by atoms with E-state index < -0.39 is 0 Å². The lowest BCUT2D eigenvalue weighted by molar-refractivity contribution is -0.138. The molecule has 150 valence electrons. The van der Waals surface area contributed by atoms with E-state index in [0.29, 0.717) is 6.54 Å². The summed E-state index contributed by atoms with van der Waals surface area (Å²) in [4.78, 5) is 19.2. The second-order valence-corrected chi connectivity index (χ2v) is 7.67. The van der Waals surface area contributed by atoms with Crippen LogP contribution >= 0.6 is 24.0 Å². The van der Waals surface area contributed by atoms with E-state index in [9.17, 15) is 4.79 Å². The van der Waals surface area contributed by atoms with Gasteiger partial charge in [0, 0.05) is 27.2 Å². The predicted molar refractivity (Wildman–Crippen MR) is 120 cm³/mol. The molecule has 0 aliphatic heterocycles. The van der Waals surface area contributed by atoms with E-state index in [0.717, 1.165) is 51.2 Å². The van der Waals surface area contributed by atoms with E-state index in [4.69, 9.17) is 4.99 Å². The Morgan fingerprint density at radius 3 is 2.50 bits per heavy atom. The molecule has 0 aromatic heterocycles. The molecule has 2 N–H and O–H groups in total. The Kier molecular flexibility index (Phi) is 10.6. The zero-order chi connectivity index (χ0) is 18.1. The first-order valence-electron chi connectivity index (χ1n) is 9.99. The highest BCUT2D eigenvalue weighted by molar-refractivity contribution is 14.0. The molecule has 0 radical (unpaired) electrons. The number of nitrogens with zero attached hydrogens (tertiary/aromatic N) is 2. The number of halogens is 1. The fourth-order valence-corrected chi connectivity index (χ4v) is 4.01. The maximum atomic E-state index is 12.7. The summed E-state index contributed by atoms with van der Waals surface area (Å²) in [6.45, 7) is 4.41. The summed E-state index contributed by atoms with van der Waals surface area (Å²) < 4.78 is 0. The fourth-order valence-electron chi connectivity index (χ4n) is 4.01. The highest BCUT2D eigenvalue weighted by atomic mass is 127. The number of rotatable bonds is 7. The van der Waals surface area contributed by atoms with E-state index in [1.165, 1.54) is 25.7 Å². The molecule has 26 heavy (non-hydrogen) atoms. The summed E-state index contributed by atoms with van der Waals surface area (Å²) in [7, 11) is 3.71. The molecule has 2 aliphatic carbocycles. The fraction of sp³-hybridized carbons (Fsp3) is 0.800. The average Bonchev–Trinajstić information content (AvgIpc) is 3.10. The van der Waals surface area contributed by atoms with Crippen molar-refractivity contribution in [2.24, 2.45) is 10.4 Å². The maximum absolute atomic E-state index is 12.7. The minimum atomic E-state index is -0.294. The number of carbonyl (C=O) groups excluding carboxylic acids is 1. The van der Waals surface area contributed by atoms with Crippen molar-refractivity contribution in [1.29, 1.82) is 0 Å². The van der Waals surface area contributed by atoms with Crippen molar-refractivity contribution in [3.05, 3.63) is 11.6 Å². The second-order valence-electron chi connectivity index (χ2n) is 7.67. The molecule has 0 bridgehead atoms. The molecule has 0 heterocycles. The summed E-state index contributed by atoms with van der Waals surface area (Å²) in [5.74, 6) is 1.08. The summed E-state index contributed by atoms with van der Waals surface area (Å²) in [6.07, 6.45) is 12.8. The summed E-state index contributed by atoms with van der Waals surface area (Å²) in [5, 5.41) is 6.77. The van der Waals surface area contributed by atoms with Crippen LogP contribution in [0.3, 0.4) is 0 Å². The molecule has 1 saturated carbocycles. The van der Waals surface area contributed by atoms with Gasteiger partial charge in [0.25, 0.3) is 0 Å². The number of amides is 1. The summed E-state index contributed by atoms with van der Waals surface area (Å²) in [6, 6.07) is 0. The van der Waals surface area contributed by atoms with Crippen LogP contribution in [0.15, 0.2) is 16.6 Å². The van der Waals surface area contributed by atoms with Crippen molar-refractivity contribution in [2.45, 2.75) is 64.7 Å². The van der Waals surface area contributed by atoms with E-state index in [1.807, 2.05) is 14.1 Å². The molecule has 0 spiro atoms. The van der Waals surface area contributed by atoms with Crippen LogP contribution in [0.25, 0.3) is 0 Å². The normalized spacial score (nSPS) is 19.3. The molecule has 0 atom stereocenters. The monoisotopic (exact) mass is 476 g/mol. The minimum Gasteiger partial charge on any atom is -0.357 e. The Balaban J connectivity index is 0.00000338. The highest BCUT2D eigenvalue weighted by Gasteiger charge is 2.42. The van der Waals surface area contributed by atoms with E-state index in [-0.39, 0.29) is 35.3 Å². The Morgan fingerprint density at radius 2 is 1.92 bits per heavy atom. The van der Waals surface area contributed by atoms with Crippen LogP contribution in [0.4, 0.5) is 0 Å². The van der Waals surface area contributed by atoms with Gasteiger partial charge in [0.05, 0.1) is 12.0 Å².